The summed E-state index contributed by atoms with van der Waals surface area (Å²) in [5.74, 6) is -3.46. The number of β-amino-alcohol motifs (C(OH)–C–C–N with tert-alkyl or cyclic N) is 1. The number of aliphatic hydroxyl groups excluding tert-OH is 1. The van der Waals surface area contributed by atoms with Crippen LogP contribution in [0.1, 0.15) is 0 Å². The molecule has 2 heterocycles. The van der Waals surface area contributed by atoms with E-state index < -0.39 is 35.8 Å². The highest BCUT2D eigenvalue weighted by molar-refractivity contribution is 6.29. The van der Waals surface area contributed by atoms with E-state index in [9.17, 15) is 18.4 Å². The van der Waals surface area contributed by atoms with Crippen molar-refractivity contribution in [2.75, 3.05) is 18.5 Å². The van der Waals surface area contributed by atoms with E-state index in [2.05, 4.69) is 10.3 Å². The first kappa shape index (κ1) is 18.7. The molecule has 0 unspecified atom stereocenters. The molecule has 2 aromatic rings. The molecule has 1 aromatic carbocycles. The largest absolute Gasteiger partial charge is 0.454 e. The molecule has 0 aliphatic carbocycles. The van der Waals surface area contributed by atoms with E-state index in [1.807, 2.05) is 0 Å². The third-order valence-electron chi connectivity index (χ3n) is 3.55. The van der Waals surface area contributed by atoms with Crippen molar-refractivity contribution in [3.8, 4) is 11.5 Å². The van der Waals surface area contributed by atoms with Crippen molar-refractivity contribution in [2.45, 2.75) is 0 Å². The maximum atomic E-state index is 14.3. The van der Waals surface area contributed by atoms with Gasteiger partial charge in [0.1, 0.15) is 16.6 Å². The lowest BCUT2D eigenvalue weighted by molar-refractivity contribution is -0.137. The van der Waals surface area contributed by atoms with Crippen molar-refractivity contribution >= 4 is 29.1 Å². The first-order valence-electron chi connectivity index (χ1n) is 7.63. The van der Waals surface area contributed by atoms with Gasteiger partial charge in [0.25, 0.3) is 11.8 Å². The second-order valence-electron chi connectivity index (χ2n) is 5.38. The van der Waals surface area contributed by atoms with E-state index in [-0.39, 0.29) is 28.8 Å². The number of hydrogen-bond donors (Lipinski definition) is 2. The van der Waals surface area contributed by atoms with Gasteiger partial charge in [0, 0.05) is 30.5 Å². The van der Waals surface area contributed by atoms with E-state index in [1.54, 1.807) is 0 Å². The van der Waals surface area contributed by atoms with E-state index in [0.29, 0.717) is 0 Å². The Kier molecular flexibility index (Phi) is 5.33. The Morgan fingerprint density at radius 3 is 2.70 bits per heavy atom. The monoisotopic (exact) mass is 395 g/mol. The van der Waals surface area contributed by atoms with Crippen molar-refractivity contribution in [2.24, 2.45) is 0 Å². The fourth-order valence-corrected chi connectivity index (χ4v) is 2.50. The molecule has 1 aliphatic heterocycles. The Morgan fingerprint density at radius 2 is 2.00 bits per heavy atom. The van der Waals surface area contributed by atoms with Gasteiger partial charge in [-0.25, -0.2) is 13.8 Å². The van der Waals surface area contributed by atoms with E-state index in [0.717, 1.165) is 23.1 Å². The number of pyridine rings is 1. The summed E-state index contributed by atoms with van der Waals surface area (Å²) in [6.07, 6.45) is 2.29. The van der Waals surface area contributed by atoms with Gasteiger partial charge in [-0.1, -0.05) is 11.6 Å². The number of anilines is 1. The van der Waals surface area contributed by atoms with E-state index in [1.165, 1.54) is 18.3 Å². The highest BCUT2D eigenvalue weighted by atomic mass is 35.5. The van der Waals surface area contributed by atoms with Crippen LogP contribution in [-0.2, 0) is 9.59 Å². The Labute approximate surface area is 156 Å². The Hall–Kier alpha value is -3.04. The molecule has 0 radical (unpaired) electrons. The fraction of sp³-hybridized carbons (Fsp3) is 0.118. The van der Waals surface area contributed by atoms with Gasteiger partial charge in [0.2, 0.25) is 0 Å². The average Bonchev–Trinajstić information content (AvgIpc) is 2.87. The molecule has 2 amide bonds. The quantitative estimate of drug-likeness (QED) is 0.576. The summed E-state index contributed by atoms with van der Waals surface area (Å²) in [4.78, 5) is 28.3. The molecule has 1 aliphatic rings. The van der Waals surface area contributed by atoms with Crippen LogP contribution in [0.25, 0.3) is 0 Å². The maximum absolute atomic E-state index is 14.3. The predicted octanol–water partition coefficient (Wildman–Crippen LogP) is 2.46. The topological polar surface area (TPSA) is 91.8 Å². The van der Waals surface area contributed by atoms with Gasteiger partial charge in [0.05, 0.1) is 18.8 Å². The minimum absolute atomic E-state index is 0.121. The number of nitrogens with zero attached hydrogens (tertiary/aromatic N) is 2. The highest BCUT2D eigenvalue weighted by Crippen LogP contribution is 2.30. The number of imide groups is 1. The minimum atomic E-state index is -0.909. The number of aliphatic hydroxyl groups is 1. The summed E-state index contributed by atoms with van der Waals surface area (Å²) < 4.78 is 33.8. The number of halogens is 3. The number of benzene rings is 1. The molecule has 0 atom stereocenters. The number of ether oxygens (including phenoxy) is 1. The molecule has 140 valence electrons. The van der Waals surface area contributed by atoms with E-state index in [4.69, 9.17) is 21.4 Å². The zero-order chi connectivity index (χ0) is 19.6. The molecule has 7 nitrogen and oxygen atoms in total. The van der Waals surface area contributed by atoms with Gasteiger partial charge in [-0.15, -0.1) is 0 Å². The standard InChI is InChI=1S/C17H12ClF2N3O4/c18-15-5-9(1-2-21-15)27-14-7-10(19)12(6-11(14)20)22-13-8-16(25)23(3-4-24)17(13)26/h1-2,5-8,22,24H,3-4H2. The first-order valence-corrected chi connectivity index (χ1v) is 8.00. The third kappa shape index (κ3) is 4.04. The lowest BCUT2D eigenvalue weighted by Crippen LogP contribution is -2.34. The van der Waals surface area contributed by atoms with Gasteiger partial charge < -0.3 is 15.2 Å². The number of carbonyl (C=O) groups is 2. The molecular formula is C17H12ClF2N3O4. The second-order valence-corrected chi connectivity index (χ2v) is 5.77. The lowest BCUT2D eigenvalue weighted by atomic mass is 10.2. The van der Waals surface area contributed by atoms with Crippen LogP contribution >= 0.6 is 11.6 Å². The van der Waals surface area contributed by atoms with Crippen LogP contribution in [0.2, 0.25) is 5.15 Å². The molecule has 3 rings (SSSR count). The number of carbonyl (C=O) groups excluding carboxylic acids is 2. The molecular weight excluding hydrogens is 384 g/mol. The van der Waals surface area contributed by atoms with Crippen molar-refractivity contribution in [3.63, 3.8) is 0 Å². The van der Waals surface area contributed by atoms with Crippen LogP contribution in [0.3, 0.4) is 0 Å². The molecule has 0 spiro atoms. The molecule has 1 aromatic heterocycles. The molecule has 0 fully saturated rings. The summed E-state index contributed by atoms with van der Waals surface area (Å²) in [7, 11) is 0. The van der Waals surface area contributed by atoms with Gasteiger partial charge in [-0.2, -0.15) is 0 Å². The van der Waals surface area contributed by atoms with Crippen molar-refractivity contribution in [3.05, 3.63) is 59.0 Å². The van der Waals surface area contributed by atoms with Crippen LogP contribution in [-0.4, -0.2) is 40.0 Å². The molecule has 2 N–H and O–H groups in total. The number of rotatable bonds is 6. The smallest absolute Gasteiger partial charge is 0.277 e. The van der Waals surface area contributed by atoms with Crippen LogP contribution < -0.4 is 10.1 Å². The predicted molar refractivity (Wildman–Crippen MR) is 91.2 cm³/mol. The average molecular weight is 396 g/mol. The lowest BCUT2D eigenvalue weighted by Gasteiger charge is -2.14. The van der Waals surface area contributed by atoms with E-state index >= 15 is 0 Å². The SMILES string of the molecule is O=C1C=C(Nc2cc(F)c(Oc3ccnc(Cl)c3)cc2F)C(=O)N1CCO. The Morgan fingerprint density at radius 1 is 1.22 bits per heavy atom. The van der Waals surface area contributed by atoms with Crippen LogP contribution in [0.4, 0.5) is 14.5 Å². The van der Waals surface area contributed by atoms with Gasteiger partial charge in [-0.3, -0.25) is 14.5 Å². The first-order chi connectivity index (χ1) is 12.9. The zero-order valence-electron chi connectivity index (χ0n) is 13.6. The summed E-state index contributed by atoms with van der Waals surface area (Å²) >= 11 is 5.71. The van der Waals surface area contributed by atoms with Crippen molar-refractivity contribution in [1.29, 1.82) is 0 Å². The molecule has 27 heavy (non-hydrogen) atoms. The normalized spacial score (nSPS) is 13.8. The van der Waals surface area contributed by atoms with Crippen molar-refractivity contribution < 1.29 is 28.2 Å². The summed E-state index contributed by atoms with van der Waals surface area (Å²) in [5.41, 5.74) is -0.591. The van der Waals surface area contributed by atoms with Gasteiger partial charge in [0.15, 0.2) is 17.4 Å². The van der Waals surface area contributed by atoms with Crippen LogP contribution in [0.15, 0.2) is 42.2 Å². The number of hydrogen-bond acceptors (Lipinski definition) is 6. The van der Waals surface area contributed by atoms with Crippen LogP contribution in [0, 0.1) is 11.6 Å². The van der Waals surface area contributed by atoms with Gasteiger partial charge >= 0.3 is 0 Å². The number of amides is 2. The summed E-state index contributed by atoms with van der Waals surface area (Å²) in [6, 6.07) is 4.33. The highest BCUT2D eigenvalue weighted by Gasteiger charge is 2.31. The molecule has 0 saturated carbocycles. The molecule has 0 bridgehead atoms. The van der Waals surface area contributed by atoms with Crippen LogP contribution in [0.5, 0.6) is 11.5 Å². The number of aromatic nitrogens is 1. The van der Waals surface area contributed by atoms with Gasteiger partial charge in [-0.05, 0) is 6.07 Å². The van der Waals surface area contributed by atoms with Crippen molar-refractivity contribution in [1.82, 2.24) is 9.88 Å². The summed E-state index contributed by atoms with van der Waals surface area (Å²) in [6.45, 7) is -0.607. The fourth-order valence-electron chi connectivity index (χ4n) is 2.33. The zero-order valence-corrected chi connectivity index (χ0v) is 14.3. The second kappa shape index (κ2) is 7.68. The molecule has 10 heteroatoms. The molecule has 0 saturated heterocycles. The Bertz CT molecular complexity index is 952. The number of nitrogens with one attached hydrogen (secondary N) is 1. The minimum Gasteiger partial charge on any atom is -0.454 e. The Balaban J connectivity index is 1.80. The third-order valence-corrected chi connectivity index (χ3v) is 3.76. The maximum Gasteiger partial charge on any atom is 0.277 e. The summed E-state index contributed by atoms with van der Waals surface area (Å²) in [5, 5.41) is 11.4.